The summed E-state index contributed by atoms with van der Waals surface area (Å²) in [6.45, 7) is 0. The normalized spacial score (nSPS) is 10.3. The summed E-state index contributed by atoms with van der Waals surface area (Å²) in [5.74, 6) is 5.74. The molecule has 11 heavy (non-hydrogen) atoms. The van der Waals surface area contributed by atoms with Crippen LogP contribution in [0.1, 0.15) is 0 Å². The van der Waals surface area contributed by atoms with E-state index in [4.69, 9.17) is 5.90 Å². The zero-order valence-corrected chi connectivity index (χ0v) is 6.47. The van der Waals surface area contributed by atoms with Crippen molar-refractivity contribution in [2.75, 3.05) is 0 Å². The van der Waals surface area contributed by atoms with Crippen LogP contribution in [-0.2, 0) is 0 Å². The van der Waals surface area contributed by atoms with Gasteiger partial charge in [0.2, 0.25) is 0 Å². The van der Waals surface area contributed by atoms with Gasteiger partial charge >= 0.3 is 0 Å². The maximum absolute atomic E-state index is 5.05. The zero-order chi connectivity index (χ0) is 7.68. The minimum atomic E-state index is 0.685. The summed E-state index contributed by atoms with van der Waals surface area (Å²) in [4.78, 5) is 8.78. The van der Waals surface area contributed by atoms with E-state index in [1.54, 1.807) is 23.6 Å². The van der Waals surface area contributed by atoms with E-state index in [0.29, 0.717) is 5.75 Å². The van der Waals surface area contributed by atoms with Gasteiger partial charge in [-0.05, 0) is 11.4 Å². The Balaban J connectivity index is 2.79. The molecule has 0 amide bonds. The van der Waals surface area contributed by atoms with Crippen molar-refractivity contribution in [2.24, 2.45) is 5.90 Å². The van der Waals surface area contributed by atoms with Gasteiger partial charge in [0.25, 0.3) is 0 Å². The lowest BCUT2D eigenvalue weighted by molar-refractivity contribution is 0.339. The molecule has 2 N–H and O–H groups in total. The second-order valence-corrected chi connectivity index (χ2v) is 2.98. The van der Waals surface area contributed by atoms with Gasteiger partial charge < -0.3 is 4.84 Å². The van der Waals surface area contributed by atoms with E-state index in [2.05, 4.69) is 9.82 Å². The molecule has 2 heterocycles. The lowest BCUT2D eigenvalue weighted by Crippen LogP contribution is -2.01. The van der Waals surface area contributed by atoms with Crippen LogP contribution in [0, 0.1) is 0 Å². The molecule has 2 aromatic heterocycles. The molecule has 0 saturated carbocycles. The molecule has 0 aliphatic rings. The molecule has 0 saturated heterocycles. The minimum absolute atomic E-state index is 0.685. The van der Waals surface area contributed by atoms with Gasteiger partial charge in [-0.25, -0.2) is 0 Å². The fourth-order valence-corrected chi connectivity index (χ4v) is 1.75. The van der Waals surface area contributed by atoms with Gasteiger partial charge in [-0.1, -0.05) is 0 Å². The molecule has 3 nitrogen and oxygen atoms in total. The van der Waals surface area contributed by atoms with Crippen LogP contribution in [0.2, 0.25) is 0 Å². The quantitative estimate of drug-likeness (QED) is 0.654. The minimum Gasteiger partial charge on any atom is -0.410 e. The summed E-state index contributed by atoms with van der Waals surface area (Å²) in [5, 5.41) is 1.96. The van der Waals surface area contributed by atoms with Crippen LogP contribution in [0.5, 0.6) is 5.75 Å². The van der Waals surface area contributed by atoms with Crippen LogP contribution in [0.3, 0.4) is 0 Å². The Morgan fingerprint density at radius 3 is 3.18 bits per heavy atom. The summed E-state index contributed by atoms with van der Waals surface area (Å²) in [6, 6.07) is 3.68. The number of fused-ring (bicyclic) bond motifs is 1. The van der Waals surface area contributed by atoms with Crippen LogP contribution >= 0.6 is 11.3 Å². The molecule has 0 fully saturated rings. The maximum Gasteiger partial charge on any atom is 0.167 e. The van der Waals surface area contributed by atoms with Crippen molar-refractivity contribution in [1.82, 2.24) is 4.98 Å². The van der Waals surface area contributed by atoms with Gasteiger partial charge in [-0.15, -0.1) is 11.3 Å². The third-order valence-corrected chi connectivity index (χ3v) is 2.35. The average molecular weight is 166 g/mol. The smallest absolute Gasteiger partial charge is 0.167 e. The van der Waals surface area contributed by atoms with Crippen molar-refractivity contribution < 1.29 is 4.84 Å². The molecular weight excluding hydrogens is 160 g/mol. The highest BCUT2D eigenvalue weighted by atomic mass is 32.1. The third-order valence-electron chi connectivity index (χ3n) is 1.43. The number of nitrogens with zero attached hydrogens (tertiary/aromatic N) is 1. The van der Waals surface area contributed by atoms with Crippen molar-refractivity contribution in [3.63, 3.8) is 0 Å². The first-order chi connectivity index (χ1) is 5.42. The monoisotopic (exact) mass is 166 g/mol. The summed E-state index contributed by atoms with van der Waals surface area (Å²) in [5.41, 5.74) is 0.929. The van der Waals surface area contributed by atoms with Crippen molar-refractivity contribution in [3.05, 3.63) is 23.7 Å². The highest BCUT2D eigenvalue weighted by molar-refractivity contribution is 7.17. The molecule has 56 valence electrons. The van der Waals surface area contributed by atoms with E-state index in [9.17, 15) is 0 Å². The Morgan fingerprint density at radius 2 is 2.36 bits per heavy atom. The maximum atomic E-state index is 5.05. The van der Waals surface area contributed by atoms with Crippen LogP contribution in [0.25, 0.3) is 10.2 Å². The summed E-state index contributed by atoms with van der Waals surface area (Å²) in [6.07, 6.45) is 1.68. The van der Waals surface area contributed by atoms with E-state index in [0.717, 1.165) is 10.2 Å². The topological polar surface area (TPSA) is 48.1 Å². The van der Waals surface area contributed by atoms with Crippen LogP contribution in [-0.4, -0.2) is 4.98 Å². The molecule has 0 spiro atoms. The van der Waals surface area contributed by atoms with Gasteiger partial charge in [-0.3, -0.25) is 4.98 Å². The predicted octanol–water partition coefficient (Wildman–Crippen LogP) is 1.55. The van der Waals surface area contributed by atoms with Gasteiger partial charge in [0.1, 0.15) is 0 Å². The first-order valence-corrected chi connectivity index (χ1v) is 3.99. The Morgan fingerprint density at radius 1 is 1.45 bits per heavy atom. The molecule has 4 heteroatoms. The molecule has 0 atom stereocenters. The largest absolute Gasteiger partial charge is 0.410 e. The molecule has 0 radical (unpaired) electrons. The van der Waals surface area contributed by atoms with E-state index in [1.165, 1.54) is 0 Å². The summed E-state index contributed by atoms with van der Waals surface area (Å²) >= 11 is 1.57. The van der Waals surface area contributed by atoms with Gasteiger partial charge in [0.15, 0.2) is 5.75 Å². The van der Waals surface area contributed by atoms with Gasteiger partial charge in [0.05, 0.1) is 10.2 Å². The molecular formula is C7H6N2OS. The number of hydrogen-bond donors (Lipinski definition) is 1. The Bertz CT molecular complexity index is 371. The van der Waals surface area contributed by atoms with Crippen LogP contribution in [0.15, 0.2) is 23.7 Å². The van der Waals surface area contributed by atoms with Crippen molar-refractivity contribution >= 4 is 21.6 Å². The van der Waals surface area contributed by atoms with Crippen molar-refractivity contribution in [3.8, 4) is 5.75 Å². The van der Waals surface area contributed by atoms with E-state index in [1.807, 2.05) is 11.4 Å². The third kappa shape index (κ3) is 0.961. The molecule has 0 aliphatic heterocycles. The van der Waals surface area contributed by atoms with Gasteiger partial charge in [0, 0.05) is 12.3 Å². The van der Waals surface area contributed by atoms with Crippen LogP contribution < -0.4 is 10.7 Å². The Kier molecular flexibility index (Phi) is 1.48. The fourth-order valence-electron chi connectivity index (χ4n) is 0.942. The number of pyridine rings is 1. The van der Waals surface area contributed by atoms with Crippen molar-refractivity contribution in [2.45, 2.75) is 0 Å². The number of thiophene rings is 1. The lowest BCUT2D eigenvalue weighted by atomic mass is 10.4. The zero-order valence-electron chi connectivity index (χ0n) is 5.65. The highest BCUT2D eigenvalue weighted by Gasteiger charge is 2.01. The van der Waals surface area contributed by atoms with Crippen molar-refractivity contribution in [1.29, 1.82) is 0 Å². The molecule has 0 bridgehead atoms. The predicted molar refractivity (Wildman–Crippen MR) is 44.4 cm³/mol. The van der Waals surface area contributed by atoms with Gasteiger partial charge in [-0.2, -0.15) is 5.90 Å². The summed E-state index contributed by atoms with van der Waals surface area (Å²) in [7, 11) is 0. The fraction of sp³-hybridized carbons (Fsp3) is 0. The second-order valence-electron chi connectivity index (χ2n) is 2.06. The van der Waals surface area contributed by atoms with E-state index in [-0.39, 0.29) is 0 Å². The molecule has 0 unspecified atom stereocenters. The van der Waals surface area contributed by atoms with Crippen LogP contribution in [0.4, 0.5) is 0 Å². The SMILES string of the molecule is NOc1ccnc2ccsc12. The highest BCUT2D eigenvalue weighted by Crippen LogP contribution is 2.27. The molecule has 2 aromatic rings. The number of aromatic nitrogens is 1. The number of nitrogens with two attached hydrogens (primary N) is 1. The standard InChI is InChI=1S/C7H6N2OS/c8-10-6-1-3-9-5-2-4-11-7(5)6/h1-4H,8H2. The molecule has 0 aliphatic carbocycles. The average Bonchev–Trinajstić information content (AvgIpc) is 2.50. The van der Waals surface area contributed by atoms with E-state index >= 15 is 0 Å². The summed E-state index contributed by atoms with van der Waals surface area (Å²) < 4.78 is 0.995. The number of hydrogen-bond acceptors (Lipinski definition) is 4. The Labute approximate surface area is 67.4 Å². The van der Waals surface area contributed by atoms with E-state index < -0.39 is 0 Å². The Hall–Kier alpha value is -1.13. The molecule has 0 aromatic carbocycles. The lowest BCUT2D eigenvalue weighted by Gasteiger charge is -1.96. The first-order valence-electron chi connectivity index (χ1n) is 3.11. The second kappa shape index (κ2) is 2.48. The first kappa shape index (κ1) is 6.57. The molecule has 2 rings (SSSR count). The number of rotatable bonds is 1.